The lowest BCUT2D eigenvalue weighted by Crippen LogP contribution is -2.32. The summed E-state index contributed by atoms with van der Waals surface area (Å²) in [7, 11) is 18.4. The van der Waals surface area contributed by atoms with E-state index in [-0.39, 0.29) is 155 Å². The van der Waals surface area contributed by atoms with E-state index in [4.69, 9.17) is 0 Å². The van der Waals surface area contributed by atoms with Crippen LogP contribution in [0.3, 0.4) is 0 Å². The zero-order valence-electron chi connectivity index (χ0n) is 70.7. The number of benzene rings is 4. The molecule has 0 unspecified atom stereocenters. The lowest BCUT2D eigenvalue weighted by atomic mass is 9.90. The molecule has 0 aliphatic rings. The molecule has 0 bridgehead atoms. The summed E-state index contributed by atoms with van der Waals surface area (Å²) in [5.74, 6) is -6.13. The summed E-state index contributed by atoms with van der Waals surface area (Å²) in [5, 5.41) is 42.8. The molecular weight excluding hydrogens is 1610 g/mol. The van der Waals surface area contributed by atoms with Gasteiger partial charge in [-0.3, -0.25) is 62.3 Å². The smallest absolute Gasteiger partial charge is 0.291 e. The summed E-state index contributed by atoms with van der Waals surface area (Å²) < 4.78 is 13.4. The highest BCUT2D eigenvalue weighted by Crippen LogP contribution is 2.37. The Hall–Kier alpha value is -15.7. The number of hydrogen-bond acceptors (Lipinski definition) is 17. The van der Waals surface area contributed by atoms with E-state index in [1.807, 2.05) is 19.0 Å². The molecule has 13 N–H and O–H groups in total. The Kier molecular flexibility index (Phi) is 26.4. The number of nitrogens with zero attached hydrogens (tertiary/aromatic N) is 13. The minimum absolute atomic E-state index is 0.0199. The number of amides is 13. The first-order valence-electron chi connectivity index (χ1n) is 40.0. The molecule has 0 saturated carbocycles. The third-order valence-electron chi connectivity index (χ3n) is 20.7. The fourth-order valence-corrected chi connectivity index (χ4v) is 14.6. The Balaban J connectivity index is 0.496. The van der Waals surface area contributed by atoms with Gasteiger partial charge >= 0.3 is 0 Å². The van der Waals surface area contributed by atoms with Gasteiger partial charge in [0.05, 0.1) is 34.1 Å². The summed E-state index contributed by atoms with van der Waals surface area (Å²) in [4.78, 5) is 187. The summed E-state index contributed by atoms with van der Waals surface area (Å²) in [6.45, 7) is 1.49. The Bertz CT molecular complexity index is 6370. The van der Waals surface area contributed by atoms with E-state index in [9.17, 15) is 62.3 Å². The van der Waals surface area contributed by atoms with Gasteiger partial charge in [-0.15, -0.1) is 0 Å². The van der Waals surface area contributed by atoms with Crippen molar-refractivity contribution in [1.29, 1.82) is 0 Å². The van der Waals surface area contributed by atoms with E-state index in [1.54, 1.807) is 86.6 Å². The van der Waals surface area contributed by atoms with Crippen LogP contribution in [0.5, 0.6) is 0 Å². The molecule has 39 nitrogen and oxygen atoms in total. The number of hydrogen-bond donors (Lipinski definition) is 13. The van der Waals surface area contributed by atoms with Gasteiger partial charge in [0.2, 0.25) is 41.1 Å². The van der Waals surface area contributed by atoms with Gasteiger partial charge in [0.15, 0.2) is 17.5 Å². The van der Waals surface area contributed by atoms with Crippen molar-refractivity contribution in [3.05, 3.63) is 204 Å². The molecule has 13 rings (SSSR count). The van der Waals surface area contributed by atoms with Crippen LogP contribution in [0.2, 0.25) is 0 Å². The van der Waals surface area contributed by atoms with Gasteiger partial charge in [0, 0.05) is 171 Å². The average Bonchev–Trinajstić information content (AvgIpc) is 1.61. The largest absolute Gasteiger partial charge is 0.356 e. The summed E-state index contributed by atoms with van der Waals surface area (Å²) >= 11 is 0. The minimum atomic E-state index is -0.669. The fraction of sp³-hybridized carbons (Fsp3) is 0.279. The van der Waals surface area contributed by atoms with Crippen molar-refractivity contribution < 1.29 is 62.3 Å². The van der Waals surface area contributed by atoms with E-state index in [2.05, 4.69) is 139 Å². The molecule has 13 aromatic rings. The maximum Gasteiger partial charge on any atom is 0.291 e. The summed E-state index contributed by atoms with van der Waals surface area (Å²) in [6, 6.07) is 28.0. The highest BCUT2D eigenvalue weighted by Gasteiger charge is 2.27. The molecule has 0 atom stereocenters. The van der Waals surface area contributed by atoms with Gasteiger partial charge in [-0.25, -0.2) is 15.0 Å². The van der Waals surface area contributed by atoms with Crippen LogP contribution < -0.4 is 69.1 Å². The van der Waals surface area contributed by atoms with Crippen molar-refractivity contribution in [1.82, 2.24) is 82.2 Å². The standard InChI is InChI=1S/C86H96N26O13/c1-103(2)33-15-30-87-69(113)27-31-89-79(118)61-35-54(41-105(61)4)92-82(121)64-38-57(44-109(64)8)95-85(124)76-101-67(47-111(76)10)98-71(115)20-14-29-88-78(117)60-34-53(40-104(60)3)91-81(120)63-39-58(45-107(63)6)96-86(125)77-102-68(48-112(77)11)99-72(116)28-32-90-80(119)62-36-55(42-106(62)5)93-83(122)65-37-56(43-108(65)7)94-84(123)75-100-66(46-110(75)9)97-70(114)19-13-16-49-21-22-52-24-23-50-17-12-18-51-25-26-59(49)74(52)73(50)51/h12,17-18,21-26,34-48H,13-16,19-20,27-33H2,1-11H3,(H,87,113)(H,88,117)(H,89,118)(H,90,119)(H,91,120)(H,92,121)(H,93,122)(H,94,123)(H,95,124)(H,96,125)(H,97,114)(H,98,115)(H,99,116). The van der Waals surface area contributed by atoms with Gasteiger partial charge in [0.1, 0.15) is 34.2 Å². The molecule has 9 aromatic heterocycles. The van der Waals surface area contributed by atoms with E-state index in [0.29, 0.717) is 30.8 Å². The van der Waals surface area contributed by atoms with Crippen LogP contribution in [-0.4, -0.2) is 185 Å². The van der Waals surface area contributed by atoms with Crippen LogP contribution in [0.25, 0.3) is 32.3 Å². The second-order valence-electron chi connectivity index (χ2n) is 30.7. The minimum Gasteiger partial charge on any atom is -0.356 e. The van der Waals surface area contributed by atoms with Crippen molar-refractivity contribution >= 4 is 161 Å². The highest BCUT2D eigenvalue weighted by molar-refractivity contribution is 6.24. The SMILES string of the molecule is CN(C)CCCNC(=O)CCNC(=O)c1cc(NC(=O)c2cc(NC(=O)c3nc(NC(=O)CCCNC(=O)c4cc(NC(=O)c5cc(NC(=O)c6nc(NC(=O)CCNC(=O)c7cc(NC(=O)c8cc(NC(=O)c9nc(NC(=O)CCCc%10ccc%11ccc%12cccc%13ccc%10c%11c%12%13)cn9C)cn8C)cn7C)cn6C)cn5C)cn4C)cn3C)cn2C)cn1C. The zero-order chi connectivity index (χ0) is 89.2. The number of nitrogens with one attached hydrogen (secondary N) is 13. The van der Waals surface area contributed by atoms with Crippen molar-refractivity contribution in [2.45, 2.75) is 51.4 Å². The Morgan fingerprint density at radius 1 is 0.296 bits per heavy atom. The van der Waals surface area contributed by atoms with Crippen LogP contribution >= 0.6 is 0 Å². The van der Waals surface area contributed by atoms with Gasteiger partial charge in [-0.2, -0.15) is 0 Å². The lowest BCUT2D eigenvalue weighted by molar-refractivity contribution is -0.121. The fourth-order valence-electron chi connectivity index (χ4n) is 14.6. The van der Waals surface area contributed by atoms with Gasteiger partial charge in [-0.05, 0) is 121 Å². The van der Waals surface area contributed by atoms with Crippen LogP contribution in [-0.2, 0) is 89.0 Å². The maximum absolute atomic E-state index is 13.6. The second kappa shape index (κ2) is 37.9. The Morgan fingerprint density at radius 3 is 0.992 bits per heavy atom. The van der Waals surface area contributed by atoms with E-state index < -0.39 is 65.0 Å². The summed E-state index contributed by atoms with van der Waals surface area (Å²) in [5.41, 5.74) is 4.00. The predicted octanol–water partition coefficient (Wildman–Crippen LogP) is 7.39. The third kappa shape index (κ3) is 21.0. The number of carbonyl (C=O) groups is 13. The first kappa shape index (κ1) is 87.1. The lowest BCUT2D eigenvalue weighted by Gasteiger charge is -2.13. The Morgan fingerprint density at radius 2 is 0.608 bits per heavy atom. The van der Waals surface area contributed by atoms with Crippen LogP contribution in [0.1, 0.15) is 145 Å². The molecule has 39 heteroatoms. The van der Waals surface area contributed by atoms with Crippen molar-refractivity contribution in [3.63, 3.8) is 0 Å². The average molecular weight is 1700 g/mol. The molecule has 13 amide bonds. The van der Waals surface area contributed by atoms with Crippen molar-refractivity contribution in [2.24, 2.45) is 63.4 Å². The summed E-state index contributed by atoms with van der Waals surface area (Å²) in [6.07, 6.45) is 16.1. The molecule has 0 spiro atoms. The molecule has 0 saturated heterocycles. The van der Waals surface area contributed by atoms with Crippen LogP contribution in [0.4, 0.5) is 51.6 Å². The molecule has 125 heavy (non-hydrogen) atoms. The van der Waals surface area contributed by atoms with E-state index >= 15 is 0 Å². The number of aromatic nitrogens is 12. The monoisotopic (exact) mass is 1700 g/mol. The zero-order valence-corrected chi connectivity index (χ0v) is 70.7. The first-order valence-corrected chi connectivity index (χ1v) is 40.0. The maximum atomic E-state index is 13.6. The predicted molar refractivity (Wildman–Crippen MR) is 470 cm³/mol. The molecule has 648 valence electrons. The molecule has 4 aromatic carbocycles. The third-order valence-corrected chi connectivity index (χ3v) is 20.7. The van der Waals surface area contributed by atoms with Crippen LogP contribution in [0.15, 0.2) is 147 Å². The number of carbonyl (C=O) groups excluding carboxylic acids is 13. The number of imidazole rings is 3. The Labute approximate surface area is 715 Å². The molecule has 0 aliphatic carbocycles. The van der Waals surface area contributed by atoms with Gasteiger partial charge in [0.25, 0.3) is 53.2 Å². The van der Waals surface area contributed by atoms with Gasteiger partial charge < -0.3 is 115 Å². The van der Waals surface area contributed by atoms with Crippen LogP contribution in [0, 0.1) is 0 Å². The number of rotatable bonds is 36. The van der Waals surface area contributed by atoms with Gasteiger partial charge in [-0.1, -0.05) is 54.6 Å². The molecule has 9 heterocycles. The van der Waals surface area contributed by atoms with Crippen molar-refractivity contribution in [2.75, 3.05) is 94.7 Å². The quantitative estimate of drug-likeness (QED) is 0.0134. The van der Waals surface area contributed by atoms with E-state index in [1.165, 1.54) is 142 Å². The molecule has 0 fully saturated rings. The second-order valence-corrected chi connectivity index (χ2v) is 30.7. The highest BCUT2D eigenvalue weighted by atomic mass is 16.2. The topological polar surface area (TPSA) is 465 Å². The first-order chi connectivity index (χ1) is 59.8. The molecular formula is C86H96N26O13. The van der Waals surface area contributed by atoms with E-state index in [0.717, 1.165) is 18.5 Å². The van der Waals surface area contributed by atoms with Crippen molar-refractivity contribution in [3.8, 4) is 0 Å². The number of aryl methyl sites for hydroxylation is 10. The molecule has 0 radical (unpaired) electrons. The normalized spacial score (nSPS) is 11.3. The number of anilines is 9. The molecule has 0 aliphatic heterocycles.